The molecule has 7 heteroatoms. The predicted octanol–water partition coefficient (Wildman–Crippen LogP) is 0.430. The standard InChI is InChI=1S/C11H18N4O3/c1-2-18-11(17)15-7-3-9(4-8-15)14-10(16)13-6-5-12/h9H,2-4,6-8H2,1H3,(H2,13,14,16). The number of nitrogens with zero attached hydrogens (tertiary/aromatic N) is 2. The lowest BCUT2D eigenvalue weighted by Crippen LogP contribution is -2.49. The molecule has 0 aromatic carbocycles. The van der Waals surface area contributed by atoms with Crippen molar-refractivity contribution in [3.8, 4) is 6.07 Å². The molecule has 100 valence electrons. The second-order valence-corrected chi connectivity index (χ2v) is 3.95. The van der Waals surface area contributed by atoms with Gasteiger partial charge in [-0.25, -0.2) is 9.59 Å². The molecule has 1 rings (SSSR count). The van der Waals surface area contributed by atoms with Gasteiger partial charge in [0.1, 0.15) is 6.54 Å². The van der Waals surface area contributed by atoms with Crippen LogP contribution in [0.1, 0.15) is 19.8 Å². The zero-order valence-electron chi connectivity index (χ0n) is 10.4. The minimum absolute atomic E-state index is 0.00644. The van der Waals surface area contributed by atoms with Crippen molar-refractivity contribution in [2.75, 3.05) is 26.2 Å². The quantitative estimate of drug-likeness (QED) is 0.714. The fourth-order valence-corrected chi connectivity index (χ4v) is 1.78. The van der Waals surface area contributed by atoms with E-state index >= 15 is 0 Å². The van der Waals surface area contributed by atoms with E-state index in [1.165, 1.54) is 0 Å². The molecule has 7 nitrogen and oxygen atoms in total. The van der Waals surface area contributed by atoms with E-state index in [1.54, 1.807) is 11.8 Å². The average Bonchev–Trinajstić information content (AvgIpc) is 2.37. The van der Waals surface area contributed by atoms with Crippen molar-refractivity contribution in [1.29, 1.82) is 5.26 Å². The third kappa shape index (κ3) is 4.49. The normalized spacial score (nSPS) is 15.7. The highest BCUT2D eigenvalue weighted by Crippen LogP contribution is 2.11. The Bertz CT molecular complexity index is 332. The Morgan fingerprint density at radius 2 is 2.11 bits per heavy atom. The maximum Gasteiger partial charge on any atom is 0.409 e. The van der Waals surface area contributed by atoms with Gasteiger partial charge in [0.2, 0.25) is 0 Å². The Morgan fingerprint density at radius 3 is 2.67 bits per heavy atom. The van der Waals surface area contributed by atoms with Gasteiger partial charge in [0.25, 0.3) is 0 Å². The molecule has 0 aromatic heterocycles. The number of hydrogen-bond acceptors (Lipinski definition) is 4. The van der Waals surface area contributed by atoms with Crippen LogP contribution in [-0.4, -0.2) is 49.3 Å². The fraction of sp³-hybridized carbons (Fsp3) is 0.727. The maximum absolute atomic E-state index is 11.4. The molecule has 1 fully saturated rings. The number of urea groups is 1. The zero-order chi connectivity index (χ0) is 13.4. The van der Waals surface area contributed by atoms with E-state index in [-0.39, 0.29) is 24.7 Å². The van der Waals surface area contributed by atoms with Crippen LogP contribution in [0.15, 0.2) is 0 Å². The predicted molar refractivity (Wildman–Crippen MR) is 63.8 cm³/mol. The SMILES string of the molecule is CCOC(=O)N1CCC(NC(=O)NCC#N)CC1. The van der Waals surface area contributed by atoms with Crippen LogP contribution in [-0.2, 0) is 4.74 Å². The number of likely N-dealkylation sites (tertiary alicyclic amines) is 1. The molecule has 1 aliphatic rings. The zero-order valence-corrected chi connectivity index (χ0v) is 10.4. The molecule has 0 atom stereocenters. The Hall–Kier alpha value is -1.97. The summed E-state index contributed by atoms with van der Waals surface area (Å²) in [7, 11) is 0. The summed E-state index contributed by atoms with van der Waals surface area (Å²) in [6.07, 6.45) is 1.09. The Kier molecular flexibility index (Phi) is 5.77. The first-order valence-corrected chi connectivity index (χ1v) is 6.00. The average molecular weight is 254 g/mol. The van der Waals surface area contributed by atoms with Gasteiger partial charge in [-0.3, -0.25) is 0 Å². The highest BCUT2D eigenvalue weighted by molar-refractivity contribution is 5.74. The van der Waals surface area contributed by atoms with Crippen molar-refractivity contribution >= 4 is 12.1 Å². The summed E-state index contributed by atoms with van der Waals surface area (Å²) in [5.74, 6) is 0. The lowest BCUT2D eigenvalue weighted by molar-refractivity contribution is 0.0957. The molecule has 2 N–H and O–H groups in total. The van der Waals surface area contributed by atoms with E-state index in [2.05, 4.69) is 10.6 Å². The van der Waals surface area contributed by atoms with Gasteiger partial charge < -0.3 is 20.3 Å². The second-order valence-electron chi connectivity index (χ2n) is 3.95. The first kappa shape index (κ1) is 14.1. The van der Waals surface area contributed by atoms with Gasteiger partial charge in [0.15, 0.2) is 0 Å². The van der Waals surface area contributed by atoms with Gasteiger partial charge in [-0.15, -0.1) is 0 Å². The first-order valence-electron chi connectivity index (χ1n) is 6.00. The summed E-state index contributed by atoms with van der Waals surface area (Å²) in [6.45, 7) is 3.27. The molecule has 0 aliphatic carbocycles. The van der Waals surface area contributed by atoms with Crippen molar-refractivity contribution in [2.45, 2.75) is 25.8 Å². The van der Waals surface area contributed by atoms with E-state index < -0.39 is 0 Å². The lowest BCUT2D eigenvalue weighted by Gasteiger charge is -2.31. The largest absolute Gasteiger partial charge is 0.450 e. The van der Waals surface area contributed by atoms with Crippen LogP contribution in [0, 0.1) is 11.3 Å². The van der Waals surface area contributed by atoms with Crippen LogP contribution in [0.25, 0.3) is 0 Å². The van der Waals surface area contributed by atoms with Gasteiger partial charge in [-0.2, -0.15) is 5.26 Å². The van der Waals surface area contributed by atoms with Crippen LogP contribution in [0.5, 0.6) is 0 Å². The monoisotopic (exact) mass is 254 g/mol. The van der Waals surface area contributed by atoms with Crippen molar-refractivity contribution in [3.63, 3.8) is 0 Å². The van der Waals surface area contributed by atoms with Crippen LogP contribution in [0.3, 0.4) is 0 Å². The van der Waals surface area contributed by atoms with E-state index in [4.69, 9.17) is 10.00 Å². The van der Waals surface area contributed by atoms with E-state index in [1.807, 2.05) is 6.07 Å². The van der Waals surface area contributed by atoms with Gasteiger partial charge in [-0.05, 0) is 19.8 Å². The molecule has 0 aromatic rings. The minimum Gasteiger partial charge on any atom is -0.450 e. The van der Waals surface area contributed by atoms with Gasteiger partial charge >= 0.3 is 12.1 Å². The molecular weight excluding hydrogens is 236 g/mol. The fourth-order valence-electron chi connectivity index (χ4n) is 1.78. The summed E-state index contributed by atoms with van der Waals surface area (Å²) >= 11 is 0. The molecule has 18 heavy (non-hydrogen) atoms. The Morgan fingerprint density at radius 1 is 1.44 bits per heavy atom. The van der Waals surface area contributed by atoms with E-state index in [0.717, 1.165) is 0 Å². The molecule has 0 spiro atoms. The van der Waals surface area contributed by atoms with Crippen LogP contribution < -0.4 is 10.6 Å². The van der Waals surface area contributed by atoms with E-state index in [9.17, 15) is 9.59 Å². The third-order valence-corrected chi connectivity index (χ3v) is 2.68. The van der Waals surface area contributed by atoms with Crippen molar-refractivity contribution in [2.24, 2.45) is 0 Å². The number of nitrogens with one attached hydrogen (secondary N) is 2. The third-order valence-electron chi connectivity index (χ3n) is 2.68. The highest BCUT2D eigenvalue weighted by atomic mass is 16.6. The number of amides is 3. The van der Waals surface area contributed by atoms with Crippen LogP contribution >= 0.6 is 0 Å². The van der Waals surface area contributed by atoms with Gasteiger partial charge in [0.05, 0.1) is 12.7 Å². The minimum atomic E-state index is -0.342. The smallest absolute Gasteiger partial charge is 0.409 e. The Labute approximate surface area is 106 Å². The van der Waals surface area contributed by atoms with Crippen molar-refractivity contribution in [1.82, 2.24) is 15.5 Å². The van der Waals surface area contributed by atoms with Crippen molar-refractivity contribution in [3.05, 3.63) is 0 Å². The topological polar surface area (TPSA) is 94.5 Å². The number of carbonyl (C=O) groups excluding carboxylic acids is 2. The second kappa shape index (κ2) is 7.37. The molecule has 0 radical (unpaired) electrons. The van der Waals surface area contributed by atoms with Gasteiger partial charge in [0, 0.05) is 19.1 Å². The summed E-state index contributed by atoms with van der Waals surface area (Å²) in [5, 5.41) is 13.5. The summed E-state index contributed by atoms with van der Waals surface area (Å²) in [6, 6.07) is 1.53. The van der Waals surface area contributed by atoms with E-state index in [0.29, 0.717) is 32.5 Å². The molecular formula is C11H18N4O3. The number of ether oxygens (including phenoxy) is 1. The maximum atomic E-state index is 11.4. The first-order chi connectivity index (χ1) is 8.67. The molecule has 0 bridgehead atoms. The molecule has 1 heterocycles. The number of piperidine rings is 1. The number of nitriles is 1. The molecule has 1 saturated heterocycles. The number of carbonyl (C=O) groups is 2. The molecule has 1 aliphatic heterocycles. The highest BCUT2D eigenvalue weighted by Gasteiger charge is 2.24. The molecule has 0 unspecified atom stereocenters. The van der Waals surface area contributed by atoms with Gasteiger partial charge in [-0.1, -0.05) is 0 Å². The number of rotatable bonds is 3. The number of hydrogen-bond donors (Lipinski definition) is 2. The lowest BCUT2D eigenvalue weighted by atomic mass is 10.1. The summed E-state index contributed by atoms with van der Waals surface area (Å²) in [4.78, 5) is 24.4. The van der Waals surface area contributed by atoms with Crippen LogP contribution in [0.4, 0.5) is 9.59 Å². The molecule has 3 amide bonds. The molecule has 0 saturated carbocycles. The van der Waals surface area contributed by atoms with Crippen LogP contribution in [0.2, 0.25) is 0 Å². The van der Waals surface area contributed by atoms with Crippen molar-refractivity contribution < 1.29 is 14.3 Å². The summed E-state index contributed by atoms with van der Waals surface area (Å²) in [5.41, 5.74) is 0. The summed E-state index contributed by atoms with van der Waals surface area (Å²) < 4.78 is 4.90. The Balaban J connectivity index is 2.25.